The maximum Gasteiger partial charge on any atom is 0.220 e. The molecule has 1 aliphatic carbocycles. The van der Waals surface area contributed by atoms with Gasteiger partial charge in [0.15, 0.2) is 0 Å². The van der Waals surface area contributed by atoms with Crippen LogP contribution >= 0.6 is 0 Å². The van der Waals surface area contributed by atoms with Crippen LogP contribution in [0.2, 0.25) is 0 Å². The van der Waals surface area contributed by atoms with E-state index in [0.29, 0.717) is 17.9 Å². The molecule has 3 nitrogen and oxygen atoms in total. The Morgan fingerprint density at radius 3 is 2.88 bits per heavy atom. The van der Waals surface area contributed by atoms with Crippen LogP contribution in [0.5, 0.6) is 0 Å². The van der Waals surface area contributed by atoms with Gasteiger partial charge in [0.2, 0.25) is 5.91 Å². The summed E-state index contributed by atoms with van der Waals surface area (Å²) in [6.45, 7) is 4.26. The van der Waals surface area contributed by atoms with Crippen LogP contribution in [0.25, 0.3) is 0 Å². The second kappa shape index (κ2) is 5.17. The first-order chi connectivity index (χ1) is 7.74. The number of carbonyl (C=O) groups excluding carboxylic acids is 1. The maximum absolute atomic E-state index is 11.7. The fourth-order valence-electron chi connectivity index (χ4n) is 2.52. The molecule has 2 N–H and O–H groups in total. The van der Waals surface area contributed by atoms with Gasteiger partial charge in [0.1, 0.15) is 0 Å². The molecule has 0 radical (unpaired) electrons. The lowest BCUT2D eigenvalue weighted by Gasteiger charge is -2.14. The van der Waals surface area contributed by atoms with Crippen molar-refractivity contribution >= 4 is 5.91 Å². The number of nitrogens with one attached hydrogen (secondary N) is 2. The molecule has 0 aromatic heterocycles. The van der Waals surface area contributed by atoms with E-state index in [2.05, 4.69) is 17.6 Å². The van der Waals surface area contributed by atoms with Crippen molar-refractivity contribution in [2.45, 2.75) is 57.9 Å². The van der Waals surface area contributed by atoms with E-state index in [0.717, 1.165) is 19.5 Å². The number of amides is 1. The van der Waals surface area contributed by atoms with Gasteiger partial charge in [0.25, 0.3) is 0 Å². The zero-order valence-corrected chi connectivity index (χ0v) is 10.3. The normalized spacial score (nSPS) is 26.7. The Hall–Kier alpha value is -0.570. The van der Waals surface area contributed by atoms with Crippen LogP contribution in [0, 0.1) is 5.41 Å². The van der Waals surface area contributed by atoms with E-state index < -0.39 is 0 Å². The summed E-state index contributed by atoms with van der Waals surface area (Å²) in [5.74, 6) is 0.244. The predicted molar refractivity (Wildman–Crippen MR) is 65.2 cm³/mol. The van der Waals surface area contributed by atoms with E-state index in [4.69, 9.17) is 0 Å². The SMILES string of the molecule is CCC1(CNC(=O)CCC2CCCN2)CC1. The number of hydrogen-bond acceptors (Lipinski definition) is 2. The second-order valence-electron chi connectivity index (χ2n) is 5.46. The summed E-state index contributed by atoms with van der Waals surface area (Å²) >= 11 is 0. The Kier molecular flexibility index (Phi) is 3.85. The van der Waals surface area contributed by atoms with Gasteiger partial charge in [-0.25, -0.2) is 0 Å². The quantitative estimate of drug-likeness (QED) is 0.722. The standard InChI is InChI=1S/C13H24N2O/c1-2-13(7-8-13)10-15-12(16)6-5-11-4-3-9-14-11/h11,14H,2-10H2,1H3,(H,15,16). The van der Waals surface area contributed by atoms with E-state index in [1.807, 2.05) is 0 Å². The highest BCUT2D eigenvalue weighted by Gasteiger charge is 2.40. The highest BCUT2D eigenvalue weighted by Crippen LogP contribution is 2.47. The second-order valence-corrected chi connectivity index (χ2v) is 5.46. The van der Waals surface area contributed by atoms with Gasteiger partial charge in [-0.3, -0.25) is 4.79 Å². The summed E-state index contributed by atoms with van der Waals surface area (Å²) < 4.78 is 0. The molecule has 1 unspecified atom stereocenters. The van der Waals surface area contributed by atoms with Crippen LogP contribution in [0.3, 0.4) is 0 Å². The summed E-state index contributed by atoms with van der Waals surface area (Å²) in [7, 11) is 0. The highest BCUT2D eigenvalue weighted by atomic mass is 16.1. The summed E-state index contributed by atoms with van der Waals surface area (Å²) in [4.78, 5) is 11.7. The van der Waals surface area contributed by atoms with Crippen LogP contribution in [0.15, 0.2) is 0 Å². The third kappa shape index (κ3) is 3.21. The zero-order chi connectivity index (χ0) is 11.4. The number of hydrogen-bond donors (Lipinski definition) is 2. The molecule has 92 valence electrons. The van der Waals surface area contributed by atoms with Crippen LogP contribution in [-0.2, 0) is 4.79 Å². The average molecular weight is 224 g/mol. The fraction of sp³-hybridized carbons (Fsp3) is 0.923. The third-order valence-electron chi connectivity index (χ3n) is 4.25. The van der Waals surface area contributed by atoms with Crippen LogP contribution in [0.4, 0.5) is 0 Å². The Labute approximate surface area is 98.4 Å². The minimum atomic E-state index is 0.244. The van der Waals surface area contributed by atoms with Gasteiger partial charge in [0.05, 0.1) is 0 Å². The lowest BCUT2D eigenvalue weighted by Crippen LogP contribution is -2.31. The molecular weight excluding hydrogens is 200 g/mol. The minimum absolute atomic E-state index is 0.244. The first-order valence-electron chi connectivity index (χ1n) is 6.74. The molecule has 1 saturated heterocycles. The molecule has 0 aromatic rings. The summed E-state index contributed by atoms with van der Waals surface area (Å²) in [5, 5.41) is 6.52. The molecule has 1 aliphatic heterocycles. The Balaban J connectivity index is 1.57. The Bertz CT molecular complexity index is 242. The molecule has 16 heavy (non-hydrogen) atoms. The topological polar surface area (TPSA) is 41.1 Å². The summed E-state index contributed by atoms with van der Waals surface area (Å²) in [6.07, 6.45) is 8.01. The smallest absolute Gasteiger partial charge is 0.220 e. The average Bonchev–Trinajstić information content (AvgIpc) is 2.90. The van der Waals surface area contributed by atoms with Crippen molar-refractivity contribution in [2.75, 3.05) is 13.1 Å². The van der Waals surface area contributed by atoms with Crippen LogP contribution < -0.4 is 10.6 Å². The number of rotatable bonds is 6. The van der Waals surface area contributed by atoms with Crippen molar-refractivity contribution < 1.29 is 4.79 Å². The summed E-state index contributed by atoms with van der Waals surface area (Å²) in [5.41, 5.74) is 0.473. The molecular formula is C13H24N2O. The molecule has 1 atom stereocenters. The van der Waals surface area contributed by atoms with Crippen molar-refractivity contribution in [1.82, 2.24) is 10.6 Å². The van der Waals surface area contributed by atoms with Crippen molar-refractivity contribution in [3.05, 3.63) is 0 Å². The lowest BCUT2D eigenvalue weighted by molar-refractivity contribution is -0.121. The van der Waals surface area contributed by atoms with Crippen LogP contribution in [0.1, 0.15) is 51.9 Å². The predicted octanol–water partition coefficient (Wildman–Crippen LogP) is 1.82. The van der Waals surface area contributed by atoms with Crippen molar-refractivity contribution in [3.63, 3.8) is 0 Å². The number of carbonyl (C=O) groups is 1. The van der Waals surface area contributed by atoms with Gasteiger partial charge in [-0.2, -0.15) is 0 Å². The van der Waals surface area contributed by atoms with E-state index >= 15 is 0 Å². The molecule has 2 fully saturated rings. The molecule has 0 spiro atoms. The third-order valence-corrected chi connectivity index (χ3v) is 4.25. The molecule has 0 aromatic carbocycles. The lowest BCUT2D eigenvalue weighted by atomic mass is 10.0. The molecule has 1 amide bonds. The Morgan fingerprint density at radius 2 is 2.31 bits per heavy atom. The fourth-order valence-corrected chi connectivity index (χ4v) is 2.52. The van der Waals surface area contributed by atoms with Gasteiger partial charge < -0.3 is 10.6 Å². The van der Waals surface area contributed by atoms with Crippen LogP contribution in [-0.4, -0.2) is 25.0 Å². The van der Waals surface area contributed by atoms with Crippen molar-refractivity contribution in [3.8, 4) is 0 Å². The molecule has 2 aliphatic rings. The molecule has 0 bridgehead atoms. The minimum Gasteiger partial charge on any atom is -0.356 e. The van der Waals surface area contributed by atoms with Gasteiger partial charge >= 0.3 is 0 Å². The molecule has 1 saturated carbocycles. The monoisotopic (exact) mass is 224 g/mol. The summed E-state index contributed by atoms with van der Waals surface area (Å²) in [6, 6.07) is 0.590. The largest absolute Gasteiger partial charge is 0.356 e. The first kappa shape index (κ1) is 11.9. The maximum atomic E-state index is 11.7. The van der Waals surface area contributed by atoms with Gasteiger partial charge in [-0.05, 0) is 50.5 Å². The van der Waals surface area contributed by atoms with Gasteiger partial charge in [0, 0.05) is 19.0 Å². The molecule has 2 rings (SSSR count). The van der Waals surface area contributed by atoms with E-state index in [1.54, 1.807) is 0 Å². The molecule has 3 heteroatoms. The van der Waals surface area contributed by atoms with Crippen molar-refractivity contribution in [2.24, 2.45) is 5.41 Å². The van der Waals surface area contributed by atoms with Gasteiger partial charge in [-0.1, -0.05) is 6.92 Å². The van der Waals surface area contributed by atoms with E-state index in [9.17, 15) is 4.79 Å². The first-order valence-corrected chi connectivity index (χ1v) is 6.74. The molecule has 1 heterocycles. The van der Waals surface area contributed by atoms with E-state index in [1.165, 1.54) is 32.1 Å². The Morgan fingerprint density at radius 1 is 1.50 bits per heavy atom. The van der Waals surface area contributed by atoms with E-state index in [-0.39, 0.29) is 5.91 Å². The van der Waals surface area contributed by atoms with Gasteiger partial charge in [-0.15, -0.1) is 0 Å². The highest BCUT2D eigenvalue weighted by molar-refractivity contribution is 5.75. The van der Waals surface area contributed by atoms with Crippen molar-refractivity contribution in [1.29, 1.82) is 0 Å². The zero-order valence-electron chi connectivity index (χ0n) is 10.3.